The van der Waals surface area contributed by atoms with E-state index in [1.54, 1.807) is 0 Å². The normalized spacial score (nSPS) is 17.3. The van der Waals surface area contributed by atoms with E-state index in [0.717, 1.165) is 55.6 Å². The molecule has 2 aromatic heterocycles. The summed E-state index contributed by atoms with van der Waals surface area (Å²) in [4.78, 5) is 9.97. The summed E-state index contributed by atoms with van der Waals surface area (Å²) in [7, 11) is 0. The van der Waals surface area contributed by atoms with E-state index in [0.29, 0.717) is 0 Å². The van der Waals surface area contributed by atoms with Gasteiger partial charge < -0.3 is 0 Å². The van der Waals surface area contributed by atoms with Gasteiger partial charge in [-0.15, -0.1) is 0 Å². The first-order valence-electron chi connectivity index (χ1n) is 15.3. The van der Waals surface area contributed by atoms with Crippen molar-refractivity contribution in [3.63, 3.8) is 0 Å². The topological polar surface area (TPSA) is 25.8 Å². The molecular formula is C41H26Br2N2. The maximum absolute atomic E-state index is 5.33. The van der Waals surface area contributed by atoms with Gasteiger partial charge in [0.25, 0.3) is 0 Å². The Balaban J connectivity index is 1.34. The Morgan fingerprint density at radius 1 is 0.578 bits per heavy atom. The van der Waals surface area contributed by atoms with Gasteiger partial charge in [0.2, 0.25) is 0 Å². The van der Waals surface area contributed by atoms with Crippen LogP contribution in [-0.4, -0.2) is 9.97 Å². The molecular weight excluding hydrogens is 680 g/mol. The molecule has 0 saturated heterocycles. The van der Waals surface area contributed by atoms with E-state index < -0.39 is 0 Å². The van der Waals surface area contributed by atoms with Crippen LogP contribution in [0.25, 0.3) is 50.5 Å². The summed E-state index contributed by atoms with van der Waals surface area (Å²) >= 11 is 7.45. The van der Waals surface area contributed by atoms with Gasteiger partial charge in [-0.2, -0.15) is 0 Å². The van der Waals surface area contributed by atoms with Crippen molar-refractivity contribution < 1.29 is 0 Å². The highest BCUT2D eigenvalue weighted by Gasteiger charge is 2.52. The highest BCUT2D eigenvalue weighted by molar-refractivity contribution is 9.10. The number of benzene rings is 4. The second kappa shape index (κ2) is 10.3. The number of halogens is 2. The summed E-state index contributed by atoms with van der Waals surface area (Å²) in [5.74, 6) is 0. The lowest BCUT2D eigenvalue weighted by Crippen LogP contribution is -2.27. The van der Waals surface area contributed by atoms with Crippen LogP contribution in [0.2, 0.25) is 0 Å². The molecule has 0 aliphatic heterocycles. The van der Waals surface area contributed by atoms with Crippen LogP contribution in [-0.2, 0) is 5.41 Å². The van der Waals surface area contributed by atoms with Gasteiger partial charge in [-0.05, 0) is 118 Å². The van der Waals surface area contributed by atoms with E-state index >= 15 is 0 Å². The Morgan fingerprint density at radius 2 is 1.31 bits per heavy atom. The molecule has 0 radical (unpaired) electrons. The highest BCUT2D eigenvalue weighted by atomic mass is 79.9. The quantitative estimate of drug-likeness (QED) is 0.183. The summed E-state index contributed by atoms with van der Waals surface area (Å²) in [6.45, 7) is 0. The molecule has 214 valence electrons. The van der Waals surface area contributed by atoms with Gasteiger partial charge >= 0.3 is 0 Å². The lowest BCUT2D eigenvalue weighted by molar-refractivity contribution is 0.780. The molecule has 0 fully saturated rings. The Morgan fingerprint density at radius 3 is 2.16 bits per heavy atom. The number of hydrogen-bond donors (Lipinski definition) is 0. The number of pyridine rings is 2. The fourth-order valence-electron chi connectivity index (χ4n) is 7.74. The second-order valence-corrected chi connectivity index (χ2v) is 13.7. The van der Waals surface area contributed by atoms with E-state index in [1.165, 1.54) is 44.5 Å². The van der Waals surface area contributed by atoms with Crippen molar-refractivity contribution in [3.05, 3.63) is 170 Å². The maximum Gasteiger partial charge on any atom is 0.0894 e. The Bertz CT molecular complexity index is 2230. The SMILES string of the molecule is Brc1ccc(-c2ccc(-c3ccccn3)nc2-c2ccc3c(c2)C2(C4=C(CCC=C4)c4ccccc42)c2cc(Br)ccc2-3)cc1. The van der Waals surface area contributed by atoms with Crippen LogP contribution in [0, 0.1) is 0 Å². The molecule has 1 unspecified atom stereocenters. The van der Waals surface area contributed by atoms with Crippen molar-refractivity contribution in [2.45, 2.75) is 18.3 Å². The van der Waals surface area contributed by atoms with Gasteiger partial charge in [0.15, 0.2) is 0 Å². The van der Waals surface area contributed by atoms with Crippen molar-refractivity contribution >= 4 is 37.4 Å². The molecule has 2 heterocycles. The number of fused-ring (bicyclic) bond motifs is 9. The summed E-state index contributed by atoms with van der Waals surface area (Å²) in [6.07, 6.45) is 8.72. The molecule has 6 aromatic rings. The molecule has 0 amide bonds. The third-order valence-electron chi connectivity index (χ3n) is 9.58. The fourth-order valence-corrected chi connectivity index (χ4v) is 8.36. The van der Waals surface area contributed by atoms with Gasteiger partial charge in [0.05, 0.1) is 22.5 Å². The molecule has 4 aromatic carbocycles. The zero-order valence-electron chi connectivity index (χ0n) is 24.3. The van der Waals surface area contributed by atoms with Gasteiger partial charge in [-0.1, -0.05) is 105 Å². The molecule has 3 aliphatic rings. The average molecular weight is 706 g/mol. The maximum atomic E-state index is 5.33. The lowest BCUT2D eigenvalue weighted by atomic mass is 9.69. The summed E-state index contributed by atoms with van der Waals surface area (Å²) in [5, 5.41) is 0. The lowest BCUT2D eigenvalue weighted by Gasteiger charge is -2.32. The van der Waals surface area contributed by atoms with Crippen molar-refractivity contribution in [2.24, 2.45) is 0 Å². The number of nitrogens with zero attached hydrogens (tertiary/aromatic N) is 2. The van der Waals surface area contributed by atoms with Crippen molar-refractivity contribution in [3.8, 4) is 44.9 Å². The summed E-state index contributed by atoms with van der Waals surface area (Å²) in [6, 6.07) is 41.6. The van der Waals surface area contributed by atoms with Crippen LogP contribution in [0.3, 0.4) is 0 Å². The second-order valence-electron chi connectivity index (χ2n) is 11.9. The first kappa shape index (κ1) is 27.0. The van der Waals surface area contributed by atoms with E-state index in [9.17, 15) is 0 Å². The fraction of sp³-hybridized carbons (Fsp3) is 0.0732. The Hall–Kier alpha value is -4.38. The van der Waals surface area contributed by atoms with Gasteiger partial charge in [0, 0.05) is 26.3 Å². The molecule has 0 saturated carbocycles. The predicted octanol–water partition coefficient (Wildman–Crippen LogP) is 11.4. The Kier molecular flexibility index (Phi) is 6.19. The molecule has 1 spiro atoms. The number of aromatic nitrogens is 2. The van der Waals surface area contributed by atoms with E-state index in [2.05, 4.69) is 146 Å². The minimum Gasteiger partial charge on any atom is -0.255 e. The summed E-state index contributed by atoms with van der Waals surface area (Å²) in [5.41, 5.74) is 16.5. The molecule has 1 atom stereocenters. The van der Waals surface area contributed by atoms with Crippen LogP contribution in [0.15, 0.2) is 148 Å². The first-order chi connectivity index (χ1) is 22.1. The Labute approximate surface area is 279 Å². The number of rotatable bonds is 3. The van der Waals surface area contributed by atoms with Gasteiger partial charge in [-0.3, -0.25) is 4.98 Å². The van der Waals surface area contributed by atoms with Crippen molar-refractivity contribution in [1.29, 1.82) is 0 Å². The third kappa shape index (κ3) is 3.99. The van der Waals surface area contributed by atoms with Crippen LogP contribution >= 0.6 is 31.9 Å². The molecule has 0 bridgehead atoms. The first-order valence-corrected chi connectivity index (χ1v) is 16.9. The number of hydrogen-bond acceptors (Lipinski definition) is 2. The molecule has 3 aliphatic carbocycles. The molecule has 9 rings (SSSR count). The third-order valence-corrected chi connectivity index (χ3v) is 10.6. The summed E-state index contributed by atoms with van der Waals surface area (Å²) < 4.78 is 2.15. The molecule has 45 heavy (non-hydrogen) atoms. The zero-order valence-corrected chi connectivity index (χ0v) is 27.4. The minimum atomic E-state index is -0.385. The molecule has 0 N–H and O–H groups in total. The van der Waals surface area contributed by atoms with Crippen LogP contribution in [0.1, 0.15) is 35.1 Å². The van der Waals surface area contributed by atoms with Crippen molar-refractivity contribution in [2.75, 3.05) is 0 Å². The highest BCUT2D eigenvalue weighted by Crippen LogP contribution is 2.64. The van der Waals surface area contributed by atoms with Crippen LogP contribution in [0.5, 0.6) is 0 Å². The largest absolute Gasteiger partial charge is 0.255 e. The van der Waals surface area contributed by atoms with Crippen LogP contribution in [0.4, 0.5) is 0 Å². The van der Waals surface area contributed by atoms with Gasteiger partial charge in [-0.25, -0.2) is 4.98 Å². The number of allylic oxidation sites excluding steroid dienone is 4. The van der Waals surface area contributed by atoms with Crippen LogP contribution < -0.4 is 0 Å². The smallest absolute Gasteiger partial charge is 0.0894 e. The monoisotopic (exact) mass is 704 g/mol. The van der Waals surface area contributed by atoms with Crippen molar-refractivity contribution in [1.82, 2.24) is 9.97 Å². The van der Waals surface area contributed by atoms with E-state index in [4.69, 9.17) is 4.98 Å². The van der Waals surface area contributed by atoms with E-state index in [1.807, 2.05) is 24.4 Å². The van der Waals surface area contributed by atoms with E-state index in [-0.39, 0.29) is 5.41 Å². The van der Waals surface area contributed by atoms with Gasteiger partial charge in [0.1, 0.15) is 0 Å². The predicted molar refractivity (Wildman–Crippen MR) is 191 cm³/mol. The standard InChI is InChI=1S/C41H26Br2N2/c42-27-15-12-25(13-16-27)29-20-21-39(38-11-5-6-22-44-38)45-40(29)26-14-18-32-33-19-17-28(43)24-37(33)41(36(32)23-26)34-9-3-1-7-30(34)31-8-2-4-10-35(31)41/h1,3-7,9-24H,2,8H2. The minimum absolute atomic E-state index is 0.385. The molecule has 4 heteroatoms. The average Bonchev–Trinajstić information content (AvgIpc) is 3.55. The zero-order chi connectivity index (χ0) is 30.1. The molecule has 2 nitrogen and oxygen atoms in total.